The van der Waals surface area contributed by atoms with Crippen LogP contribution < -0.4 is 10.9 Å². The van der Waals surface area contributed by atoms with Crippen LogP contribution in [0.1, 0.15) is 32.0 Å². The molecule has 0 saturated heterocycles. The number of nitrogens with one attached hydrogen (secondary N) is 2. The summed E-state index contributed by atoms with van der Waals surface area (Å²) in [6, 6.07) is 1.49. The normalized spacial score (nSPS) is 10.9. The number of imidazole rings is 1. The summed E-state index contributed by atoms with van der Waals surface area (Å²) in [6.45, 7) is 5.67. The van der Waals surface area contributed by atoms with Gasteiger partial charge >= 0.3 is 0 Å². The summed E-state index contributed by atoms with van der Waals surface area (Å²) in [7, 11) is 0. The highest BCUT2D eigenvalue weighted by molar-refractivity contribution is 5.33. The van der Waals surface area contributed by atoms with Gasteiger partial charge < -0.3 is 14.9 Å². The largest absolute Gasteiger partial charge is 0.370 e. The van der Waals surface area contributed by atoms with Crippen LogP contribution in [0.25, 0.3) is 0 Å². The summed E-state index contributed by atoms with van der Waals surface area (Å²) in [5.41, 5.74) is -0.115. The van der Waals surface area contributed by atoms with Gasteiger partial charge in [-0.2, -0.15) is 0 Å². The van der Waals surface area contributed by atoms with Gasteiger partial charge in [-0.15, -0.1) is 0 Å². The molecule has 102 valence electrons. The van der Waals surface area contributed by atoms with Gasteiger partial charge in [0.05, 0.1) is 6.33 Å². The van der Waals surface area contributed by atoms with Crippen molar-refractivity contribution >= 4 is 5.82 Å². The van der Waals surface area contributed by atoms with Gasteiger partial charge in [0.15, 0.2) is 0 Å². The Morgan fingerprint density at radius 2 is 2.32 bits per heavy atom. The molecule has 0 bridgehead atoms. The van der Waals surface area contributed by atoms with Crippen molar-refractivity contribution in [3.8, 4) is 0 Å². The Balaban J connectivity index is 1.87. The van der Waals surface area contributed by atoms with E-state index >= 15 is 0 Å². The third-order valence-corrected chi connectivity index (χ3v) is 2.77. The topological polar surface area (TPSA) is 75.6 Å². The summed E-state index contributed by atoms with van der Waals surface area (Å²) in [4.78, 5) is 22.6. The van der Waals surface area contributed by atoms with Crippen molar-refractivity contribution in [3.63, 3.8) is 0 Å². The Morgan fingerprint density at radius 3 is 3.00 bits per heavy atom. The van der Waals surface area contributed by atoms with E-state index in [4.69, 9.17) is 0 Å². The lowest BCUT2D eigenvalue weighted by Crippen LogP contribution is -2.15. The molecule has 0 fully saturated rings. The van der Waals surface area contributed by atoms with Crippen LogP contribution in [0.15, 0.2) is 29.6 Å². The van der Waals surface area contributed by atoms with Crippen LogP contribution in [0.3, 0.4) is 0 Å². The Bertz CT molecular complexity index is 559. The number of aryl methyl sites for hydroxylation is 1. The number of hydrogen-bond donors (Lipinski definition) is 2. The molecule has 2 heterocycles. The first-order chi connectivity index (χ1) is 9.15. The summed E-state index contributed by atoms with van der Waals surface area (Å²) < 4.78 is 2.02. The molecule has 0 aliphatic heterocycles. The van der Waals surface area contributed by atoms with Gasteiger partial charge in [-0.25, -0.2) is 9.97 Å². The number of H-pyrrole nitrogens is 1. The number of aromatic amines is 1. The van der Waals surface area contributed by atoms with Crippen LogP contribution in [0.2, 0.25) is 0 Å². The van der Waals surface area contributed by atoms with Gasteiger partial charge in [0, 0.05) is 37.5 Å². The second-order valence-electron chi connectivity index (χ2n) is 4.75. The summed E-state index contributed by atoms with van der Waals surface area (Å²) >= 11 is 0. The third-order valence-electron chi connectivity index (χ3n) is 2.77. The standard InChI is InChI=1S/C13H19N5O/c1-10(2)13-16-11(8-12(19)17-13)15-4-3-6-18-7-5-14-9-18/h5,7-10H,3-4,6H2,1-2H3,(H2,15,16,17,19). The third kappa shape index (κ3) is 3.94. The molecule has 0 amide bonds. The zero-order valence-corrected chi connectivity index (χ0v) is 11.3. The summed E-state index contributed by atoms with van der Waals surface area (Å²) in [6.07, 6.45) is 6.44. The minimum atomic E-state index is -0.115. The van der Waals surface area contributed by atoms with E-state index in [1.54, 1.807) is 12.5 Å². The second kappa shape index (κ2) is 6.17. The number of nitrogens with zero attached hydrogens (tertiary/aromatic N) is 3. The fourth-order valence-electron chi connectivity index (χ4n) is 1.74. The first kappa shape index (κ1) is 13.3. The van der Waals surface area contributed by atoms with Gasteiger partial charge in [-0.05, 0) is 6.42 Å². The maximum atomic E-state index is 11.5. The van der Waals surface area contributed by atoms with Gasteiger partial charge in [0.2, 0.25) is 0 Å². The quantitative estimate of drug-likeness (QED) is 0.774. The summed E-state index contributed by atoms with van der Waals surface area (Å²) in [5, 5.41) is 3.18. The van der Waals surface area contributed by atoms with Crippen LogP contribution in [-0.4, -0.2) is 26.1 Å². The predicted octanol–water partition coefficient (Wildman–Crippen LogP) is 1.59. The van der Waals surface area contributed by atoms with Gasteiger partial charge in [-0.3, -0.25) is 4.79 Å². The van der Waals surface area contributed by atoms with Crippen molar-refractivity contribution in [1.29, 1.82) is 0 Å². The second-order valence-corrected chi connectivity index (χ2v) is 4.75. The van der Waals surface area contributed by atoms with E-state index in [0.29, 0.717) is 11.6 Å². The smallest absolute Gasteiger partial charge is 0.252 e. The summed E-state index contributed by atoms with van der Waals surface area (Å²) in [5.74, 6) is 1.56. The van der Waals surface area contributed by atoms with E-state index in [2.05, 4.69) is 20.3 Å². The Labute approximate surface area is 111 Å². The molecule has 2 aromatic rings. The fraction of sp³-hybridized carbons (Fsp3) is 0.462. The molecule has 0 aromatic carbocycles. The minimum Gasteiger partial charge on any atom is -0.370 e. The van der Waals surface area contributed by atoms with Crippen LogP contribution in [0, 0.1) is 0 Å². The molecule has 0 spiro atoms. The lowest BCUT2D eigenvalue weighted by molar-refractivity contribution is 0.659. The predicted molar refractivity (Wildman–Crippen MR) is 74.3 cm³/mol. The highest BCUT2D eigenvalue weighted by Gasteiger charge is 2.04. The van der Waals surface area contributed by atoms with Gasteiger partial charge in [0.1, 0.15) is 11.6 Å². The molecule has 6 nitrogen and oxygen atoms in total. The van der Waals surface area contributed by atoms with Gasteiger partial charge in [-0.1, -0.05) is 13.8 Å². The average Bonchev–Trinajstić information content (AvgIpc) is 2.87. The Kier molecular flexibility index (Phi) is 4.33. The highest BCUT2D eigenvalue weighted by Crippen LogP contribution is 2.08. The maximum absolute atomic E-state index is 11.5. The molecule has 2 aromatic heterocycles. The molecule has 0 atom stereocenters. The molecule has 6 heteroatoms. The van der Waals surface area contributed by atoms with Gasteiger partial charge in [0.25, 0.3) is 5.56 Å². The molecule has 19 heavy (non-hydrogen) atoms. The van der Waals surface area contributed by atoms with E-state index in [-0.39, 0.29) is 11.5 Å². The monoisotopic (exact) mass is 261 g/mol. The zero-order valence-electron chi connectivity index (χ0n) is 11.3. The molecule has 0 aliphatic carbocycles. The van der Waals surface area contributed by atoms with E-state index in [9.17, 15) is 4.79 Å². The number of rotatable bonds is 6. The van der Waals surface area contributed by atoms with Crippen LogP contribution in [-0.2, 0) is 6.54 Å². The number of hydrogen-bond acceptors (Lipinski definition) is 4. The van der Waals surface area contributed by atoms with E-state index in [1.165, 1.54) is 6.07 Å². The lowest BCUT2D eigenvalue weighted by Gasteiger charge is -2.09. The van der Waals surface area contributed by atoms with Crippen molar-refractivity contribution < 1.29 is 0 Å². The van der Waals surface area contributed by atoms with E-state index in [0.717, 1.165) is 19.5 Å². The Hall–Kier alpha value is -2.11. The first-order valence-corrected chi connectivity index (χ1v) is 6.46. The molecular weight excluding hydrogens is 242 g/mol. The molecule has 0 aliphatic rings. The molecule has 0 unspecified atom stereocenters. The SMILES string of the molecule is CC(C)c1nc(NCCCn2ccnc2)cc(=O)[nH]1. The van der Waals surface area contributed by atoms with Crippen molar-refractivity contribution in [2.24, 2.45) is 0 Å². The Morgan fingerprint density at radius 1 is 1.47 bits per heavy atom. The van der Waals surface area contributed by atoms with Crippen molar-refractivity contribution in [3.05, 3.63) is 41.0 Å². The van der Waals surface area contributed by atoms with Crippen LogP contribution in [0.4, 0.5) is 5.82 Å². The molecule has 2 N–H and O–H groups in total. The number of anilines is 1. The van der Waals surface area contributed by atoms with Crippen LogP contribution >= 0.6 is 0 Å². The minimum absolute atomic E-state index is 0.115. The first-order valence-electron chi connectivity index (χ1n) is 6.46. The van der Waals surface area contributed by atoms with Crippen molar-refractivity contribution in [1.82, 2.24) is 19.5 Å². The highest BCUT2D eigenvalue weighted by atomic mass is 16.1. The van der Waals surface area contributed by atoms with E-state index in [1.807, 2.05) is 24.6 Å². The molecular formula is C13H19N5O. The molecule has 0 radical (unpaired) electrons. The average molecular weight is 261 g/mol. The van der Waals surface area contributed by atoms with Crippen LogP contribution in [0.5, 0.6) is 0 Å². The van der Waals surface area contributed by atoms with E-state index < -0.39 is 0 Å². The van der Waals surface area contributed by atoms with Crippen molar-refractivity contribution in [2.45, 2.75) is 32.7 Å². The molecule has 2 rings (SSSR count). The lowest BCUT2D eigenvalue weighted by atomic mass is 10.2. The zero-order chi connectivity index (χ0) is 13.7. The molecule has 0 saturated carbocycles. The number of aromatic nitrogens is 4. The fourth-order valence-corrected chi connectivity index (χ4v) is 1.74. The van der Waals surface area contributed by atoms with Crippen molar-refractivity contribution in [2.75, 3.05) is 11.9 Å². The maximum Gasteiger partial charge on any atom is 0.252 e.